The molecule has 31 heavy (non-hydrogen) atoms. The number of hydrogen-bond acceptors (Lipinski definition) is 5. The molecule has 162 valence electrons. The van der Waals surface area contributed by atoms with E-state index in [1.807, 2.05) is 24.3 Å². The van der Waals surface area contributed by atoms with E-state index < -0.39 is 0 Å². The second kappa shape index (κ2) is 10.8. The van der Waals surface area contributed by atoms with Crippen LogP contribution in [0.4, 0.5) is 10.1 Å². The molecule has 3 rings (SSSR count). The van der Waals surface area contributed by atoms with Crippen molar-refractivity contribution in [3.05, 3.63) is 87.6 Å². The van der Waals surface area contributed by atoms with Gasteiger partial charge in [-0.1, -0.05) is 12.1 Å². The first-order valence-electron chi connectivity index (χ1n) is 9.75. The van der Waals surface area contributed by atoms with E-state index in [0.717, 1.165) is 21.3 Å². The number of halogens is 2. The van der Waals surface area contributed by atoms with Gasteiger partial charge in [0, 0.05) is 12.2 Å². The first-order chi connectivity index (χ1) is 15.0. The van der Waals surface area contributed by atoms with Crippen LogP contribution in [0.25, 0.3) is 0 Å². The van der Waals surface area contributed by atoms with Crippen LogP contribution in [0.3, 0.4) is 0 Å². The number of anilines is 1. The number of methoxy groups -OCH3 is 1. The number of esters is 1. The highest BCUT2D eigenvalue weighted by atomic mass is 79.9. The van der Waals surface area contributed by atoms with E-state index in [1.54, 1.807) is 38.3 Å². The van der Waals surface area contributed by atoms with Crippen molar-refractivity contribution in [1.82, 2.24) is 0 Å². The average Bonchev–Trinajstić information content (AvgIpc) is 2.78. The van der Waals surface area contributed by atoms with Crippen LogP contribution in [0.15, 0.2) is 65.1 Å². The quantitative estimate of drug-likeness (QED) is 0.377. The summed E-state index contributed by atoms with van der Waals surface area (Å²) in [6.45, 7) is 2.96. The zero-order chi connectivity index (χ0) is 22.2. The van der Waals surface area contributed by atoms with Gasteiger partial charge in [0.2, 0.25) is 0 Å². The molecule has 0 aliphatic heterocycles. The molecular weight excluding hydrogens is 465 g/mol. The number of carbonyl (C=O) groups is 1. The zero-order valence-corrected chi connectivity index (χ0v) is 18.9. The molecule has 0 aliphatic rings. The summed E-state index contributed by atoms with van der Waals surface area (Å²) in [6.07, 6.45) is 0. The topological polar surface area (TPSA) is 56.8 Å². The van der Waals surface area contributed by atoms with Crippen molar-refractivity contribution in [1.29, 1.82) is 0 Å². The van der Waals surface area contributed by atoms with Gasteiger partial charge in [0.15, 0.2) is 11.5 Å². The van der Waals surface area contributed by atoms with Gasteiger partial charge in [0.05, 0.1) is 23.8 Å². The second-order valence-corrected chi connectivity index (χ2v) is 7.53. The summed E-state index contributed by atoms with van der Waals surface area (Å²) in [4.78, 5) is 11.7. The fourth-order valence-electron chi connectivity index (χ4n) is 2.89. The van der Waals surface area contributed by atoms with Gasteiger partial charge < -0.3 is 19.5 Å². The van der Waals surface area contributed by atoms with E-state index in [0.29, 0.717) is 36.8 Å². The molecule has 0 atom stereocenters. The molecule has 0 saturated carbocycles. The van der Waals surface area contributed by atoms with Crippen molar-refractivity contribution in [2.45, 2.75) is 20.1 Å². The number of carbonyl (C=O) groups excluding carboxylic acids is 1. The van der Waals surface area contributed by atoms with E-state index in [2.05, 4.69) is 21.2 Å². The Morgan fingerprint density at radius 2 is 1.74 bits per heavy atom. The van der Waals surface area contributed by atoms with E-state index in [-0.39, 0.29) is 11.8 Å². The summed E-state index contributed by atoms with van der Waals surface area (Å²) in [5.41, 5.74) is 3.22. The lowest BCUT2D eigenvalue weighted by Crippen LogP contribution is -2.05. The normalized spacial score (nSPS) is 10.5. The molecule has 5 nitrogen and oxygen atoms in total. The van der Waals surface area contributed by atoms with E-state index in [9.17, 15) is 9.18 Å². The van der Waals surface area contributed by atoms with Crippen LogP contribution in [0.1, 0.15) is 28.4 Å². The summed E-state index contributed by atoms with van der Waals surface area (Å²) in [6, 6.07) is 17.1. The Kier molecular flexibility index (Phi) is 7.89. The molecule has 0 radical (unpaired) electrons. The fraction of sp³-hybridized carbons (Fsp3) is 0.208. The Hall–Kier alpha value is -3.06. The minimum absolute atomic E-state index is 0.283. The molecule has 0 fully saturated rings. The minimum Gasteiger partial charge on any atom is -0.493 e. The van der Waals surface area contributed by atoms with Crippen LogP contribution in [-0.2, 0) is 17.9 Å². The third kappa shape index (κ3) is 6.21. The molecule has 7 heteroatoms. The van der Waals surface area contributed by atoms with Crippen LogP contribution >= 0.6 is 15.9 Å². The molecule has 0 spiro atoms. The predicted octanol–water partition coefficient (Wildman–Crippen LogP) is 5.96. The lowest BCUT2D eigenvalue weighted by atomic mass is 10.1. The van der Waals surface area contributed by atoms with Gasteiger partial charge in [-0.25, -0.2) is 9.18 Å². The monoisotopic (exact) mass is 487 g/mol. The predicted molar refractivity (Wildman–Crippen MR) is 121 cm³/mol. The molecular formula is C24H23BrFNO4. The molecule has 0 amide bonds. The maximum absolute atomic E-state index is 13.1. The lowest BCUT2D eigenvalue weighted by molar-refractivity contribution is 0.0526. The van der Waals surface area contributed by atoms with Crippen molar-refractivity contribution in [3.63, 3.8) is 0 Å². The average molecular weight is 488 g/mol. The molecule has 3 aromatic carbocycles. The zero-order valence-electron chi connectivity index (χ0n) is 17.3. The Balaban J connectivity index is 1.65. The number of benzene rings is 3. The molecule has 0 heterocycles. The highest BCUT2D eigenvalue weighted by Gasteiger charge is 2.12. The summed E-state index contributed by atoms with van der Waals surface area (Å²) < 4.78 is 30.2. The molecule has 0 aliphatic carbocycles. The standard InChI is InChI=1S/C24H23BrFNO4/c1-3-30-24(28)18-6-10-20(11-7-18)27-14-17-12-21(25)23(22(13-17)29-2)31-15-16-4-8-19(26)9-5-16/h4-13,27H,3,14-15H2,1-2H3. The Bertz CT molecular complexity index is 1020. The fourth-order valence-corrected chi connectivity index (χ4v) is 3.50. The Morgan fingerprint density at radius 3 is 2.39 bits per heavy atom. The Morgan fingerprint density at radius 1 is 1.03 bits per heavy atom. The highest BCUT2D eigenvalue weighted by molar-refractivity contribution is 9.10. The summed E-state index contributed by atoms with van der Waals surface area (Å²) in [5, 5.41) is 3.32. The first kappa shape index (κ1) is 22.6. The van der Waals surface area contributed by atoms with Crippen molar-refractivity contribution in [3.8, 4) is 11.5 Å². The molecule has 3 aromatic rings. The summed E-state index contributed by atoms with van der Waals surface area (Å²) in [5.74, 6) is 0.550. The number of rotatable bonds is 9. The van der Waals surface area contributed by atoms with Crippen LogP contribution in [0, 0.1) is 5.82 Å². The number of ether oxygens (including phenoxy) is 3. The maximum atomic E-state index is 13.1. The van der Waals surface area contributed by atoms with E-state index in [4.69, 9.17) is 14.2 Å². The third-order valence-electron chi connectivity index (χ3n) is 4.48. The van der Waals surface area contributed by atoms with Crippen molar-refractivity contribution in [2.75, 3.05) is 19.0 Å². The second-order valence-electron chi connectivity index (χ2n) is 6.68. The van der Waals surface area contributed by atoms with Crippen molar-refractivity contribution < 1.29 is 23.4 Å². The molecule has 0 saturated heterocycles. The van der Waals surface area contributed by atoms with Crippen molar-refractivity contribution >= 4 is 27.6 Å². The molecule has 0 aromatic heterocycles. The largest absolute Gasteiger partial charge is 0.493 e. The third-order valence-corrected chi connectivity index (χ3v) is 5.07. The number of hydrogen-bond donors (Lipinski definition) is 1. The summed E-state index contributed by atoms with van der Waals surface area (Å²) in [7, 11) is 1.58. The van der Waals surface area contributed by atoms with Gasteiger partial charge in [-0.05, 0) is 82.5 Å². The van der Waals surface area contributed by atoms with Gasteiger partial charge in [0.1, 0.15) is 12.4 Å². The van der Waals surface area contributed by atoms with Gasteiger partial charge in [-0.3, -0.25) is 0 Å². The highest BCUT2D eigenvalue weighted by Crippen LogP contribution is 2.37. The Labute approximate surface area is 189 Å². The SMILES string of the molecule is CCOC(=O)c1ccc(NCc2cc(Br)c(OCc3ccc(F)cc3)c(OC)c2)cc1. The molecule has 1 N–H and O–H groups in total. The van der Waals surface area contributed by atoms with Gasteiger partial charge in [-0.15, -0.1) is 0 Å². The van der Waals surface area contributed by atoms with Crippen LogP contribution < -0.4 is 14.8 Å². The van der Waals surface area contributed by atoms with Crippen LogP contribution in [0.2, 0.25) is 0 Å². The smallest absolute Gasteiger partial charge is 0.338 e. The lowest BCUT2D eigenvalue weighted by Gasteiger charge is -2.15. The van der Waals surface area contributed by atoms with Crippen LogP contribution in [-0.4, -0.2) is 19.7 Å². The summed E-state index contributed by atoms with van der Waals surface area (Å²) >= 11 is 3.55. The maximum Gasteiger partial charge on any atom is 0.338 e. The molecule has 0 unspecified atom stereocenters. The van der Waals surface area contributed by atoms with E-state index in [1.165, 1.54) is 12.1 Å². The van der Waals surface area contributed by atoms with Crippen LogP contribution in [0.5, 0.6) is 11.5 Å². The van der Waals surface area contributed by atoms with Gasteiger partial charge in [-0.2, -0.15) is 0 Å². The van der Waals surface area contributed by atoms with Gasteiger partial charge in [0.25, 0.3) is 0 Å². The number of nitrogens with one attached hydrogen (secondary N) is 1. The first-order valence-corrected chi connectivity index (χ1v) is 10.5. The molecule has 0 bridgehead atoms. The van der Waals surface area contributed by atoms with Gasteiger partial charge >= 0.3 is 5.97 Å². The van der Waals surface area contributed by atoms with E-state index >= 15 is 0 Å². The van der Waals surface area contributed by atoms with Crippen molar-refractivity contribution in [2.24, 2.45) is 0 Å². The minimum atomic E-state index is -0.334.